The first-order valence-electron chi connectivity index (χ1n) is 7.58. The van der Waals surface area contributed by atoms with Crippen LogP contribution in [-0.2, 0) is 19.2 Å². The maximum Gasteiger partial charge on any atom is 0.322 e. The van der Waals surface area contributed by atoms with Crippen molar-refractivity contribution in [1.29, 1.82) is 0 Å². The van der Waals surface area contributed by atoms with E-state index in [0.29, 0.717) is 0 Å². The van der Waals surface area contributed by atoms with Crippen molar-refractivity contribution in [2.45, 2.75) is 51.3 Å². The van der Waals surface area contributed by atoms with Crippen molar-refractivity contribution in [3.63, 3.8) is 0 Å². The van der Waals surface area contributed by atoms with Gasteiger partial charge in [-0.3, -0.25) is 19.2 Å². The third kappa shape index (κ3) is 10.9. The molecule has 0 aromatic rings. The van der Waals surface area contributed by atoms with E-state index in [0.717, 1.165) is 0 Å². The minimum atomic E-state index is -1.17. The smallest absolute Gasteiger partial charge is 0.322 e. The Bertz CT molecular complexity index is 475. The number of thioether (sulfide) groups is 1. The average molecular weight is 362 g/mol. The van der Waals surface area contributed by atoms with Crippen LogP contribution in [0, 0.1) is 5.92 Å². The van der Waals surface area contributed by atoms with Gasteiger partial charge >= 0.3 is 11.9 Å². The van der Waals surface area contributed by atoms with Gasteiger partial charge in [-0.15, -0.1) is 0 Å². The summed E-state index contributed by atoms with van der Waals surface area (Å²) in [5, 5.41) is 22.2. The van der Waals surface area contributed by atoms with E-state index >= 15 is 0 Å². The molecule has 2 atom stereocenters. The number of carbonyl (C=O) groups excluding carboxylic acids is 2. The molecule has 0 radical (unpaired) electrons. The summed E-state index contributed by atoms with van der Waals surface area (Å²) in [6.07, 6.45) is 0.146. The Balaban J connectivity index is 4.67. The zero-order chi connectivity index (χ0) is 18.9. The summed E-state index contributed by atoms with van der Waals surface area (Å²) < 4.78 is -0.131. The Labute approximate surface area is 145 Å². The van der Waals surface area contributed by atoms with Crippen LogP contribution < -0.4 is 10.6 Å². The van der Waals surface area contributed by atoms with Crippen LogP contribution >= 0.6 is 11.8 Å². The first kappa shape index (κ1) is 22.2. The number of carboxylic acids is 2. The monoisotopic (exact) mass is 362 g/mol. The van der Waals surface area contributed by atoms with Crippen LogP contribution in [-0.4, -0.2) is 57.1 Å². The lowest BCUT2D eigenvalue weighted by Crippen LogP contribution is -2.49. The van der Waals surface area contributed by atoms with Crippen LogP contribution in [0.2, 0.25) is 0 Å². The largest absolute Gasteiger partial charge is 0.481 e. The van der Waals surface area contributed by atoms with Crippen LogP contribution in [0.4, 0.5) is 0 Å². The van der Waals surface area contributed by atoms with Crippen molar-refractivity contribution in [1.82, 2.24) is 10.6 Å². The average Bonchev–Trinajstić information content (AvgIpc) is 2.45. The molecule has 2 unspecified atom stereocenters. The first-order chi connectivity index (χ1) is 10.9. The number of rotatable bonds is 10. The molecule has 0 aromatic carbocycles. The van der Waals surface area contributed by atoms with Crippen molar-refractivity contribution in [3.05, 3.63) is 0 Å². The molecule has 0 spiro atoms. The van der Waals surface area contributed by atoms with Crippen molar-refractivity contribution in [2.75, 3.05) is 12.3 Å². The van der Waals surface area contributed by atoms with Crippen molar-refractivity contribution in [3.8, 4) is 0 Å². The second-order valence-electron chi connectivity index (χ2n) is 6.43. The molecule has 0 saturated heterocycles. The predicted octanol–water partition coefficient (Wildman–Crippen LogP) is 0.705. The standard InChI is InChI=1S/C15H26N2O6S/c1-9(14(22)23)5-6-11(18)17-10(8-24-15(2,3)4)13(21)16-7-12(19)20/h9-10H,5-8H2,1-4H3,(H,16,21)(H,17,18)(H,19,20)(H,22,23). The fourth-order valence-electron chi connectivity index (χ4n) is 1.54. The van der Waals surface area contributed by atoms with Gasteiger partial charge in [-0.25, -0.2) is 0 Å². The molecule has 0 saturated carbocycles. The van der Waals surface area contributed by atoms with Crippen LogP contribution in [0.25, 0.3) is 0 Å². The number of carbonyl (C=O) groups is 4. The van der Waals surface area contributed by atoms with Crippen molar-refractivity contribution < 1.29 is 29.4 Å². The maximum absolute atomic E-state index is 12.0. The number of aliphatic carboxylic acids is 2. The van der Waals surface area contributed by atoms with Gasteiger partial charge in [0.15, 0.2) is 0 Å². The third-order valence-corrected chi connectivity index (χ3v) is 4.34. The van der Waals surface area contributed by atoms with Gasteiger partial charge in [0, 0.05) is 16.9 Å². The summed E-state index contributed by atoms with van der Waals surface area (Å²) in [6, 6.07) is -0.874. The van der Waals surface area contributed by atoms with E-state index < -0.39 is 42.3 Å². The number of hydrogen-bond donors (Lipinski definition) is 4. The van der Waals surface area contributed by atoms with E-state index in [1.165, 1.54) is 18.7 Å². The Morgan fingerprint density at radius 2 is 1.71 bits per heavy atom. The second kappa shape index (κ2) is 10.2. The maximum atomic E-state index is 12.0. The number of nitrogens with one attached hydrogen (secondary N) is 2. The van der Waals surface area contributed by atoms with Gasteiger partial charge in [0.1, 0.15) is 12.6 Å². The fourth-order valence-corrected chi connectivity index (χ4v) is 2.44. The highest BCUT2D eigenvalue weighted by molar-refractivity contribution is 8.00. The summed E-state index contributed by atoms with van der Waals surface area (Å²) in [4.78, 5) is 45.3. The molecule has 8 nitrogen and oxygen atoms in total. The number of carboxylic acid groups (broad SMARTS) is 2. The predicted molar refractivity (Wildman–Crippen MR) is 90.8 cm³/mol. The summed E-state index contributed by atoms with van der Waals surface area (Å²) in [5.74, 6) is -3.54. The SMILES string of the molecule is CC(CCC(=O)NC(CSC(C)(C)C)C(=O)NCC(=O)O)C(=O)O. The van der Waals surface area contributed by atoms with E-state index in [-0.39, 0.29) is 23.3 Å². The molecular formula is C15H26N2O6S. The van der Waals surface area contributed by atoms with Crippen molar-refractivity contribution >= 4 is 35.5 Å². The number of amides is 2. The summed E-state index contributed by atoms with van der Waals surface area (Å²) in [5.41, 5.74) is 0. The Hall–Kier alpha value is -1.77. The van der Waals surface area contributed by atoms with Crippen LogP contribution in [0.1, 0.15) is 40.5 Å². The molecule has 0 aliphatic rings. The Morgan fingerprint density at radius 1 is 1.12 bits per heavy atom. The Kier molecular flexibility index (Phi) is 9.42. The summed E-state index contributed by atoms with van der Waals surface area (Å²) in [7, 11) is 0. The normalized spacial score (nSPS) is 13.7. The minimum Gasteiger partial charge on any atom is -0.481 e. The molecule has 0 aliphatic carbocycles. The second-order valence-corrected chi connectivity index (χ2v) is 8.28. The molecule has 0 bridgehead atoms. The quantitative estimate of drug-likeness (QED) is 0.450. The molecule has 0 rings (SSSR count). The molecule has 2 amide bonds. The van der Waals surface area contributed by atoms with Gasteiger partial charge in [0.05, 0.1) is 5.92 Å². The minimum absolute atomic E-state index is 0.0175. The van der Waals surface area contributed by atoms with Crippen LogP contribution in [0.3, 0.4) is 0 Å². The molecule has 4 N–H and O–H groups in total. The van der Waals surface area contributed by atoms with E-state index in [2.05, 4.69) is 10.6 Å². The molecule has 24 heavy (non-hydrogen) atoms. The molecule has 0 heterocycles. The Morgan fingerprint density at radius 3 is 2.17 bits per heavy atom. The van der Waals surface area contributed by atoms with Gasteiger partial charge in [0.25, 0.3) is 0 Å². The highest BCUT2D eigenvalue weighted by Crippen LogP contribution is 2.23. The summed E-state index contributed by atoms with van der Waals surface area (Å²) in [6.45, 7) is 6.85. The third-order valence-electron chi connectivity index (χ3n) is 2.97. The summed E-state index contributed by atoms with van der Waals surface area (Å²) >= 11 is 1.46. The van der Waals surface area contributed by atoms with Gasteiger partial charge in [-0.1, -0.05) is 27.7 Å². The van der Waals surface area contributed by atoms with Gasteiger partial charge < -0.3 is 20.8 Å². The van der Waals surface area contributed by atoms with E-state index in [1.807, 2.05) is 20.8 Å². The fraction of sp³-hybridized carbons (Fsp3) is 0.733. The van der Waals surface area contributed by atoms with Crippen LogP contribution in [0.5, 0.6) is 0 Å². The van der Waals surface area contributed by atoms with E-state index in [9.17, 15) is 19.2 Å². The zero-order valence-corrected chi connectivity index (χ0v) is 15.2. The van der Waals surface area contributed by atoms with Gasteiger partial charge in [-0.05, 0) is 6.42 Å². The van der Waals surface area contributed by atoms with Gasteiger partial charge in [0.2, 0.25) is 11.8 Å². The molecule has 9 heteroatoms. The van der Waals surface area contributed by atoms with Gasteiger partial charge in [-0.2, -0.15) is 11.8 Å². The molecular weight excluding hydrogens is 336 g/mol. The lowest BCUT2D eigenvalue weighted by molar-refractivity contribution is -0.141. The van der Waals surface area contributed by atoms with Crippen LogP contribution in [0.15, 0.2) is 0 Å². The highest BCUT2D eigenvalue weighted by atomic mass is 32.2. The first-order valence-corrected chi connectivity index (χ1v) is 8.56. The van der Waals surface area contributed by atoms with E-state index in [1.54, 1.807) is 0 Å². The molecule has 0 fully saturated rings. The zero-order valence-electron chi connectivity index (χ0n) is 14.4. The van der Waals surface area contributed by atoms with E-state index in [4.69, 9.17) is 10.2 Å². The molecule has 0 aliphatic heterocycles. The highest BCUT2D eigenvalue weighted by Gasteiger charge is 2.24. The van der Waals surface area contributed by atoms with Crippen molar-refractivity contribution in [2.24, 2.45) is 5.92 Å². The lowest BCUT2D eigenvalue weighted by Gasteiger charge is -2.23. The lowest BCUT2D eigenvalue weighted by atomic mass is 10.1. The molecule has 138 valence electrons. The topological polar surface area (TPSA) is 133 Å². The molecule has 0 aromatic heterocycles. The number of hydrogen-bond acceptors (Lipinski definition) is 5.